The molecule has 0 aliphatic carbocycles. The van der Waals surface area contributed by atoms with Gasteiger partial charge < -0.3 is 9.16 Å². The van der Waals surface area contributed by atoms with E-state index < -0.39 is 8.32 Å². The Morgan fingerprint density at radius 2 is 1.13 bits per heavy atom. The van der Waals surface area contributed by atoms with Crippen molar-refractivity contribution in [3.63, 3.8) is 0 Å². The first-order valence-corrected chi connectivity index (χ1v) is 15.9. The van der Waals surface area contributed by atoms with Gasteiger partial charge in [0.15, 0.2) is 0 Å². The average molecular weight is 533 g/mol. The van der Waals surface area contributed by atoms with Gasteiger partial charge in [-0.05, 0) is 40.4 Å². The van der Waals surface area contributed by atoms with Crippen LogP contribution in [0.15, 0.2) is 121 Å². The number of hydrogen-bond donors (Lipinski definition) is 0. The van der Waals surface area contributed by atoms with Crippen LogP contribution in [0.25, 0.3) is 0 Å². The highest BCUT2D eigenvalue weighted by Gasteiger charge is 2.50. The van der Waals surface area contributed by atoms with Crippen LogP contribution in [0.4, 0.5) is 0 Å². The lowest BCUT2D eigenvalue weighted by atomic mass is 9.89. The molecule has 0 saturated heterocycles. The summed E-state index contributed by atoms with van der Waals surface area (Å²) in [7, 11) is -2.69. The Kier molecular flexibility index (Phi) is 8.04. The lowest BCUT2D eigenvalue weighted by Gasteiger charge is -2.44. The molecule has 3 heteroatoms. The molecule has 0 N–H and O–H groups in total. The van der Waals surface area contributed by atoms with Gasteiger partial charge in [0.1, 0.15) is 6.10 Å². The van der Waals surface area contributed by atoms with E-state index in [1.807, 2.05) is 0 Å². The molecule has 1 heterocycles. The van der Waals surface area contributed by atoms with Gasteiger partial charge in [-0.1, -0.05) is 153 Å². The van der Waals surface area contributed by atoms with Gasteiger partial charge in [0.05, 0.1) is 12.7 Å². The fourth-order valence-electron chi connectivity index (χ4n) is 5.83. The predicted octanol–water partition coefficient (Wildman–Crippen LogP) is 7.66. The zero-order chi connectivity index (χ0) is 27.5. The van der Waals surface area contributed by atoms with Crippen molar-refractivity contribution in [1.82, 2.24) is 0 Å². The number of benzene rings is 4. The zero-order valence-corrected chi connectivity index (χ0v) is 24.8. The number of ether oxygens (including phenoxy) is 1. The van der Waals surface area contributed by atoms with Gasteiger partial charge in [-0.2, -0.15) is 0 Å². The number of hydrogen-bond acceptors (Lipinski definition) is 2. The smallest absolute Gasteiger partial charge is 0.261 e. The van der Waals surface area contributed by atoms with Crippen LogP contribution in [-0.4, -0.2) is 21.0 Å². The largest absolute Gasteiger partial charge is 0.405 e. The summed E-state index contributed by atoms with van der Waals surface area (Å²) in [6.07, 6.45) is 4.33. The van der Waals surface area contributed by atoms with E-state index in [1.165, 1.54) is 32.6 Å². The van der Waals surface area contributed by atoms with Crippen LogP contribution in [0.1, 0.15) is 55.0 Å². The molecule has 0 amide bonds. The van der Waals surface area contributed by atoms with E-state index in [4.69, 9.17) is 9.16 Å². The summed E-state index contributed by atoms with van der Waals surface area (Å²) in [5, 5.41) is 2.49. The Morgan fingerprint density at radius 3 is 1.62 bits per heavy atom. The minimum Gasteiger partial charge on any atom is -0.405 e. The van der Waals surface area contributed by atoms with Crippen LogP contribution in [0.5, 0.6) is 0 Å². The maximum absolute atomic E-state index is 7.36. The normalized spacial score (nSPS) is 19.7. The van der Waals surface area contributed by atoms with Crippen LogP contribution in [0.2, 0.25) is 5.04 Å². The second kappa shape index (κ2) is 11.5. The van der Waals surface area contributed by atoms with E-state index >= 15 is 0 Å². The molecule has 4 aromatic carbocycles. The van der Waals surface area contributed by atoms with Gasteiger partial charge in [0.2, 0.25) is 0 Å². The van der Waals surface area contributed by atoms with E-state index in [2.05, 4.69) is 156 Å². The summed E-state index contributed by atoms with van der Waals surface area (Å²) in [5.74, 6) is 0.116. The van der Waals surface area contributed by atoms with Crippen LogP contribution in [-0.2, 0) is 9.16 Å². The van der Waals surface area contributed by atoms with E-state index in [9.17, 15) is 0 Å². The Balaban J connectivity index is 1.54. The first kappa shape index (κ1) is 27.3. The van der Waals surface area contributed by atoms with E-state index in [0.717, 1.165) is 0 Å². The van der Waals surface area contributed by atoms with Crippen molar-refractivity contribution in [2.24, 2.45) is 0 Å². The topological polar surface area (TPSA) is 18.5 Å². The molecule has 0 radical (unpaired) electrons. The molecule has 4 aromatic rings. The summed E-state index contributed by atoms with van der Waals surface area (Å²) < 4.78 is 14.3. The van der Waals surface area contributed by atoms with Crippen molar-refractivity contribution < 1.29 is 9.16 Å². The van der Waals surface area contributed by atoms with Crippen molar-refractivity contribution in [2.75, 3.05) is 6.61 Å². The van der Waals surface area contributed by atoms with Crippen LogP contribution in [0, 0.1) is 13.8 Å². The molecule has 0 spiro atoms. The van der Waals surface area contributed by atoms with E-state index in [-0.39, 0.29) is 23.2 Å². The van der Waals surface area contributed by atoms with Crippen molar-refractivity contribution >= 4 is 18.7 Å². The highest BCUT2D eigenvalue weighted by atomic mass is 28.4. The van der Waals surface area contributed by atoms with E-state index in [1.54, 1.807) is 0 Å². The average Bonchev–Trinajstić information content (AvgIpc) is 2.95. The van der Waals surface area contributed by atoms with Crippen LogP contribution < -0.4 is 10.4 Å². The van der Waals surface area contributed by atoms with Gasteiger partial charge in [-0.3, -0.25) is 0 Å². The summed E-state index contributed by atoms with van der Waals surface area (Å²) in [6.45, 7) is 11.7. The summed E-state index contributed by atoms with van der Waals surface area (Å²) in [6, 6.07) is 39.2. The number of aryl methyl sites for hydroxylation is 2. The van der Waals surface area contributed by atoms with Gasteiger partial charge in [0.25, 0.3) is 8.32 Å². The molecule has 0 fully saturated rings. The van der Waals surface area contributed by atoms with Gasteiger partial charge in [0, 0.05) is 5.92 Å². The predicted molar refractivity (Wildman–Crippen MR) is 165 cm³/mol. The Bertz CT molecular complexity index is 1330. The maximum Gasteiger partial charge on any atom is 0.261 e. The highest BCUT2D eigenvalue weighted by Crippen LogP contribution is 2.39. The molecule has 0 aromatic heterocycles. The zero-order valence-electron chi connectivity index (χ0n) is 23.8. The summed E-state index contributed by atoms with van der Waals surface area (Å²) >= 11 is 0. The lowest BCUT2D eigenvalue weighted by Crippen LogP contribution is -2.67. The third kappa shape index (κ3) is 5.72. The van der Waals surface area contributed by atoms with Crippen LogP contribution in [0.3, 0.4) is 0 Å². The maximum atomic E-state index is 7.36. The molecule has 39 heavy (non-hydrogen) atoms. The molecule has 1 aliphatic rings. The fraction of sp³-hybridized carbons (Fsp3) is 0.278. The minimum absolute atomic E-state index is 0.0874. The molecule has 5 rings (SSSR count). The molecular weight excluding hydrogens is 492 g/mol. The van der Waals surface area contributed by atoms with Crippen molar-refractivity contribution in [3.8, 4) is 0 Å². The standard InChI is InChI=1S/C36H40O2Si/c1-27-16-20-29(21-17-27)33-24-25-34(30-22-18-28(2)19-23-30)38-35(33)26-37-39(36(3,4)5,31-12-8-6-9-13-31)32-14-10-7-11-15-32/h6-25,33-35H,26H2,1-5H3/t33-,34-,35-/m1/s1. The molecule has 200 valence electrons. The molecular formula is C36H40O2Si. The molecule has 1 aliphatic heterocycles. The molecule has 2 nitrogen and oxygen atoms in total. The second-order valence-corrected chi connectivity index (χ2v) is 16.1. The van der Waals surface area contributed by atoms with Crippen molar-refractivity contribution in [1.29, 1.82) is 0 Å². The first-order valence-electron chi connectivity index (χ1n) is 14.0. The molecule has 0 unspecified atom stereocenters. The number of rotatable bonds is 7. The van der Waals surface area contributed by atoms with Crippen molar-refractivity contribution in [3.05, 3.63) is 144 Å². The highest BCUT2D eigenvalue weighted by molar-refractivity contribution is 6.99. The fourth-order valence-corrected chi connectivity index (χ4v) is 10.4. The quantitative estimate of drug-likeness (QED) is 0.180. The van der Waals surface area contributed by atoms with Gasteiger partial charge in [-0.15, -0.1) is 0 Å². The van der Waals surface area contributed by atoms with Gasteiger partial charge >= 0.3 is 0 Å². The molecule has 0 bridgehead atoms. The molecule has 0 saturated carbocycles. The third-order valence-electron chi connectivity index (χ3n) is 7.96. The Morgan fingerprint density at radius 1 is 0.641 bits per heavy atom. The van der Waals surface area contributed by atoms with Crippen LogP contribution >= 0.6 is 0 Å². The van der Waals surface area contributed by atoms with Crippen molar-refractivity contribution in [2.45, 2.75) is 57.8 Å². The van der Waals surface area contributed by atoms with Gasteiger partial charge in [-0.25, -0.2) is 0 Å². The second-order valence-electron chi connectivity index (χ2n) is 11.8. The monoisotopic (exact) mass is 532 g/mol. The summed E-state index contributed by atoms with van der Waals surface area (Å²) in [5.41, 5.74) is 4.95. The van der Waals surface area contributed by atoms with E-state index in [0.29, 0.717) is 6.61 Å². The SMILES string of the molecule is Cc1ccc([C@H]2C=C[C@H](c3ccc(C)cc3)O[C@@H]2CO[Si](c2ccccc2)(c2ccccc2)C(C)(C)C)cc1. The Hall–Kier alpha value is -3.24. The Labute approximate surface area is 235 Å². The molecule has 3 atom stereocenters. The summed E-state index contributed by atoms with van der Waals surface area (Å²) in [4.78, 5) is 0. The minimum atomic E-state index is -2.69. The lowest BCUT2D eigenvalue weighted by molar-refractivity contribution is -0.0320. The third-order valence-corrected chi connectivity index (χ3v) is 13.0. The first-order chi connectivity index (χ1) is 18.8.